The van der Waals surface area contributed by atoms with E-state index in [2.05, 4.69) is 19.2 Å². The Labute approximate surface area is 150 Å². The summed E-state index contributed by atoms with van der Waals surface area (Å²) < 4.78 is 10.5. The van der Waals surface area contributed by atoms with Crippen LogP contribution in [0, 0.1) is 25.7 Å². The molecule has 1 aliphatic rings. The first kappa shape index (κ1) is 19.3. The molecule has 138 valence electrons. The van der Waals surface area contributed by atoms with Crippen LogP contribution in [0.2, 0.25) is 0 Å². The molecule has 1 aliphatic carbocycles. The van der Waals surface area contributed by atoms with E-state index in [9.17, 15) is 9.59 Å². The molecule has 5 nitrogen and oxygen atoms in total. The number of amides is 1. The lowest BCUT2D eigenvalue weighted by atomic mass is 9.78. The molecule has 25 heavy (non-hydrogen) atoms. The highest BCUT2D eigenvalue weighted by molar-refractivity contribution is 5.81. The van der Waals surface area contributed by atoms with Gasteiger partial charge in [-0.1, -0.05) is 38.8 Å². The molecule has 1 aromatic rings. The van der Waals surface area contributed by atoms with E-state index < -0.39 is 5.97 Å². The van der Waals surface area contributed by atoms with Gasteiger partial charge in [0.2, 0.25) is 0 Å². The van der Waals surface area contributed by atoms with E-state index >= 15 is 0 Å². The van der Waals surface area contributed by atoms with Gasteiger partial charge in [0, 0.05) is 6.04 Å². The van der Waals surface area contributed by atoms with Crippen LogP contribution < -0.4 is 10.1 Å². The van der Waals surface area contributed by atoms with Gasteiger partial charge < -0.3 is 14.8 Å². The predicted octanol–water partition coefficient (Wildman–Crippen LogP) is 3.17. The molecule has 1 N–H and O–H groups in total. The Balaban J connectivity index is 1.72. The fourth-order valence-electron chi connectivity index (χ4n) is 3.22. The normalized spacial score (nSPS) is 23.0. The van der Waals surface area contributed by atoms with Gasteiger partial charge in [-0.25, -0.2) is 4.79 Å². The van der Waals surface area contributed by atoms with E-state index in [1.807, 2.05) is 32.0 Å². The Hall–Kier alpha value is -2.04. The highest BCUT2D eigenvalue weighted by atomic mass is 16.6. The highest BCUT2D eigenvalue weighted by Crippen LogP contribution is 2.29. The molecule has 0 aromatic heterocycles. The topological polar surface area (TPSA) is 64.6 Å². The van der Waals surface area contributed by atoms with Gasteiger partial charge in [-0.05, 0) is 49.3 Å². The largest absolute Gasteiger partial charge is 0.482 e. The van der Waals surface area contributed by atoms with Crippen LogP contribution in [0.25, 0.3) is 0 Å². The molecule has 0 unspecified atom stereocenters. The summed E-state index contributed by atoms with van der Waals surface area (Å²) in [5.41, 5.74) is 2.01. The maximum absolute atomic E-state index is 12.0. The first-order valence-corrected chi connectivity index (χ1v) is 9.02. The van der Waals surface area contributed by atoms with Crippen molar-refractivity contribution in [3.8, 4) is 5.75 Å². The molecular weight excluding hydrogens is 318 g/mol. The van der Waals surface area contributed by atoms with Gasteiger partial charge in [0.25, 0.3) is 5.91 Å². The van der Waals surface area contributed by atoms with Crippen molar-refractivity contribution in [2.75, 3.05) is 13.2 Å². The first-order chi connectivity index (χ1) is 11.9. The van der Waals surface area contributed by atoms with Crippen molar-refractivity contribution in [1.82, 2.24) is 5.32 Å². The molecule has 5 heteroatoms. The third-order valence-corrected chi connectivity index (χ3v) is 5.11. The van der Waals surface area contributed by atoms with Crippen molar-refractivity contribution in [3.63, 3.8) is 0 Å². The third kappa shape index (κ3) is 5.76. The summed E-state index contributed by atoms with van der Waals surface area (Å²) in [6, 6.07) is 5.97. The number of rotatable bonds is 6. The fraction of sp³-hybridized carbons (Fsp3) is 0.600. The van der Waals surface area contributed by atoms with Crippen LogP contribution in [0.1, 0.15) is 44.2 Å². The van der Waals surface area contributed by atoms with E-state index in [1.165, 1.54) is 6.42 Å². The summed E-state index contributed by atoms with van der Waals surface area (Å²) in [5.74, 6) is 0.923. The molecule has 1 fully saturated rings. The molecule has 0 heterocycles. The lowest BCUT2D eigenvalue weighted by molar-refractivity contribution is -0.150. The van der Waals surface area contributed by atoms with Gasteiger partial charge in [-0.3, -0.25) is 4.79 Å². The number of carbonyl (C=O) groups is 2. The molecule has 3 atom stereocenters. The summed E-state index contributed by atoms with van der Waals surface area (Å²) in [7, 11) is 0. The number of carbonyl (C=O) groups excluding carboxylic acids is 2. The Morgan fingerprint density at radius 2 is 1.92 bits per heavy atom. The monoisotopic (exact) mass is 347 g/mol. The Morgan fingerprint density at radius 1 is 1.16 bits per heavy atom. The standard InChI is InChI=1S/C20H29NO4/c1-13-8-9-15(3)18(10-13)24-12-20(23)25-11-19(22)21-17-7-5-6-14(2)16(17)4/h8-10,14,16-17H,5-7,11-12H2,1-4H3,(H,21,22)/t14-,16-,17-/m1/s1. The van der Waals surface area contributed by atoms with Gasteiger partial charge in [0.1, 0.15) is 5.75 Å². The van der Waals surface area contributed by atoms with Crippen molar-refractivity contribution < 1.29 is 19.1 Å². The van der Waals surface area contributed by atoms with Gasteiger partial charge in [-0.2, -0.15) is 0 Å². The zero-order valence-corrected chi connectivity index (χ0v) is 15.6. The van der Waals surface area contributed by atoms with Crippen molar-refractivity contribution in [2.45, 2.75) is 53.0 Å². The van der Waals surface area contributed by atoms with Crippen LogP contribution in [0.5, 0.6) is 5.75 Å². The van der Waals surface area contributed by atoms with E-state index in [0.717, 1.165) is 24.0 Å². The number of benzene rings is 1. The minimum atomic E-state index is -0.541. The third-order valence-electron chi connectivity index (χ3n) is 5.11. The maximum atomic E-state index is 12.0. The van der Waals surface area contributed by atoms with Crippen LogP contribution >= 0.6 is 0 Å². The second-order valence-corrected chi connectivity index (χ2v) is 7.16. The fourth-order valence-corrected chi connectivity index (χ4v) is 3.22. The quantitative estimate of drug-likeness (QED) is 0.803. The summed E-state index contributed by atoms with van der Waals surface area (Å²) in [6.07, 6.45) is 3.32. The first-order valence-electron chi connectivity index (χ1n) is 9.02. The van der Waals surface area contributed by atoms with E-state index in [4.69, 9.17) is 9.47 Å². The average molecular weight is 347 g/mol. The second-order valence-electron chi connectivity index (χ2n) is 7.16. The Bertz CT molecular complexity index is 614. The van der Waals surface area contributed by atoms with Crippen LogP contribution in [-0.4, -0.2) is 31.1 Å². The maximum Gasteiger partial charge on any atom is 0.344 e. The highest BCUT2D eigenvalue weighted by Gasteiger charge is 2.28. The number of aryl methyl sites for hydroxylation is 2. The average Bonchev–Trinajstić information content (AvgIpc) is 2.58. The molecule has 0 radical (unpaired) electrons. The molecule has 0 spiro atoms. The lowest BCUT2D eigenvalue weighted by Crippen LogP contribution is -2.45. The predicted molar refractivity (Wildman–Crippen MR) is 96.5 cm³/mol. The molecule has 0 aliphatic heterocycles. The van der Waals surface area contributed by atoms with Gasteiger partial charge in [0.05, 0.1) is 0 Å². The van der Waals surface area contributed by atoms with Crippen molar-refractivity contribution in [2.24, 2.45) is 11.8 Å². The Morgan fingerprint density at radius 3 is 2.68 bits per heavy atom. The van der Waals surface area contributed by atoms with E-state index in [1.54, 1.807) is 0 Å². The van der Waals surface area contributed by atoms with Crippen LogP contribution in [0.15, 0.2) is 18.2 Å². The Kier molecular flexibility index (Phi) is 6.85. The second kappa shape index (κ2) is 8.88. The van der Waals surface area contributed by atoms with Crippen molar-refractivity contribution in [3.05, 3.63) is 29.3 Å². The number of hydrogen-bond acceptors (Lipinski definition) is 4. The lowest BCUT2D eigenvalue weighted by Gasteiger charge is -2.34. The van der Waals surface area contributed by atoms with Crippen LogP contribution in [-0.2, 0) is 14.3 Å². The van der Waals surface area contributed by atoms with Gasteiger partial charge in [-0.15, -0.1) is 0 Å². The number of hydrogen-bond donors (Lipinski definition) is 1. The van der Waals surface area contributed by atoms with E-state index in [-0.39, 0.29) is 25.2 Å². The molecule has 1 saturated carbocycles. The minimum absolute atomic E-state index is 0.168. The zero-order chi connectivity index (χ0) is 18.4. The van der Waals surface area contributed by atoms with Crippen molar-refractivity contribution >= 4 is 11.9 Å². The molecular formula is C20H29NO4. The molecule has 2 rings (SSSR count). The van der Waals surface area contributed by atoms with Gasteiger partial charge in [0.15, 0.2) is 13.2 Å². The summed E-state index contributed by atoms with van der Waals surface area (Å²) in [6.45, 7) is 7.80. The number of nitrogens with one attached hydrogen (secondary N) is 1. The number of ether oxygens (including phenoxy) is 2. The van der Waals surface area contributed by atoms with Crippen LogP contribution in [0.3, 0.4) is 0 Å². The summed E-state index contributed by atoms with van der Waals surface area (Å²) in [5, 5.41) is 2.99. The summed E-state index contributed by atoms with van der Waals surface area (Å²) in [4.78, 5) is 23.8. The van der Waals surface area contributed by atoms with E-state index in [0.29, 0.717) is 17.6 Å². The minimum Gasteiger partial charge on any atom is -0.482 e. The van der Waals surface area contributed by atoms with Gasteiger partial charge >= 0.3 is 5.97 Å². The number of esters is 1. The smallest absolute Gasteiger partial charge is 0.344 e. The molecule has 1 amide bonds. The van der Waals surface area contributed by atoms with Crippen LogP contribution in [0.4, 0.5) is 0 Å². The molecule has 1 aromatic carbocycles. The zero-order valence-electron chi connectivity index (χ0n) is 15.6. The SMILES string of the molecule is Cc1ccc(C)c(OCC(=O)OCC(=O)N[C@@H]2CCC[C@@H](C)[C@H]2C)c1. The molecule has 0 bridgehead atoms. The summed E-state index contributed by atoms with van der Waals surface area (Å²) >= 11 is 0. The molecule has 0 saturated heterocycles. The van der Waals surface area contributed by atoms with Crippen molar-refractivity contribution in [1.29, 1.82) is 0 Å².